The van der Waals surface area contributed by atoms with Crippen molar-refractivity contribution in [1.82, 2.24) is 0 Å². The Balaban J connectivity index is 2.06. The van der Waals surface area contributed by atoms with E-state index < -0.39 is 0 Å². The van der Waals surface area contributed by atoms with Gasteiger partial charge in [0, 0.05) is 18.9 Å². The standard InChI is InChI=1S/C16H16N2O/c1-18-13(6-4-10-17)11-19-15-9-8-12-5-2-3-7-14(12)16(15)18/h2-3,5,7-9,13H,4,6,11H2,1H3. The van der Waals surface area contributed by atoms with Gasteiger partial charge < -0.3 is 9.64 Å². The average Bonchev–Trinajstić information content (AvgIpc) is 2.46. The van der Waals surface area contributed by atoms with E-state index in [1.54, 1.807) is 0 Å². The van der Waals surface area contributed by atoms with Crippen LogP contribution in [-0.2, 0) is 0 Å². The predicted octanol–water partition coefficient (Wildman–Crippen LogP) is 3.34. The molecule has 3 nitrogen and oxygen atoms in total. The quantitative estimate of drug-likeness (QED) is 0.822. The highest BCUT2D eigenvalue weighted by Crippen LogP contribution is 2.39. The Morgan fingerprint density at radius 2 is 2.16 bits per heavy atom. The van der Waals surface area contributed by atoms with Gasteiger partial charge in [0.1, 0.15) is 12.4 Å². The van der Waals surface area contributed by atoms with Crippen LogP contribution in [0.4, 0.5) is 5.69 Å². The summed E-state index contributed by atoms with van der Waals surface area (Å²) >= 11 is 0. The maximum atomic E-state index is 8.74. The fraction of sp³-hybridized carbons (Fsp3) is 0.312. The van der Waals surface area contributed by atoms with Crippen molar-refractivity contribution in [3.63, 3.8) is 0 Å². The van der Waals surface area contributed by atoms with Crippen LogP contribution in [-0.4, -0.2) is 19.7 Å². The second-order valence-electron chi connectivity index (χ2n) is 4.91. The number of hydrogen-bond acceptors (Lipinski definition) is 3. The molecule has 0 radical (unpaired) electrons. The molecule has 1 aliphatic rings. The summed E-state index contributed by atoms with van der Waals surface area (Å²) in [6.45, 7) is 0.656. The van der Waals surface area contributed by atoms with Gasteiger partial charge in [-0.1, -0.05) is 30.3 Å². The second-order valence-corrected chi connectivity index (χ2v) is 4.91. The highest BCUT2D eigenvalue weighted by Gasteiger charge is 2.25. The van der Waals surface area contributed by atoms with Crippen LogP contribution in [0.5, 0.6) is 5.75 Å². The summed E-state index contributed by atoms with van der Waals surface area (Å²) in [7, 11) is 2.09. The topological polar surface area (TPSA) is 36.3 Å². The molecular formula is C16H16N2O. The van der Waals surface area contributed by atoms with Crippen LogP contribution in [0.15, 0.2) is 36.4 Å². The number of anilines is 1. The van der Waals surface area contributed by atoms with E-state index in [9.17, 15) is 0 Å². The number of nitriles is 1. The Labute approximate surface area is 113 Å². The molecule has 19 heavy (non-hydrogen) atoms. The Morgan fingerprint density at radius 1 is 1.32 bits per heavy atom. The lowest BCUT2D eigenvalue weighted by molar-refractivity contribution is 0.262. The molecule has 1 atom stereocenters. The van der Waals surface area contributed by atoms with Crippen LogP contribution in [0.2, 0.25) is 0 Å². The fourth-order valence-electron chi connectivity index (χ4n) is 2.70. The molecule has 0 saturated carbocycles. The SMILES string of the molecule is CN1c2c(ccc3ccccc23)OCC1CCC#N. The minimum atomic E-state index is 0.276. The Morgan fingerprint density at radius 3 is 3.00 bits per heavy atom. The van der Waals surface area contributed by atoms with Crippen molar-refractivity contribution >= 4 is 16.5 Å². The van der Waals surface area contributed by atoms with E-state index in [1.165, 1.54) is 10.8 Å². The first-order chi connectivity index (χ1) is 9.31. The van der Waals surface area contributed by atoms with Crippen molar-refractivity contribution in [2.75, 3.05) is 18.6 Å². The molecule has 1 heterocycles. The van der Waals surface area contributed by atoms with E-state index in [4.69, 9.17) is 10.00 Å². The summed E-state index contributed by atoms with van der Waals surface area (Å²) < 4.78 is 5.86. The minimum absolute atomic E-state index is 0.276. The van der Waals surface area contributed by atoms with E-state index >= 15 is 0 Å². The normalized spacial score (nSPS) is 17.7. The second kappa shape index (κ2) is 4.81. The van der Waals surface area contributed by atoms with Gasteiger partial charge in [0.05, 0.1) is 17.8 Å². The number of fused-ring (bicyclic) bond motifs is 3. The van der Waals surface area contributed by atoms with Crippen molar-refractivity contribution in [2.24, 2.45) is 0 Å². The summed E-state index contributed by atoms with van der Waals surface area (Å²) in [4.78, 5) is 2.26. The smallest absolute Gasteiger partial charge is 0.143 e. The Hall–Kier alpha value is -2.21. The molecule has 1 unspecified atom stereocenters. The van der Waals surface area contributed by atoms with Crippen LogP contribution >= 0.6 is 0 Å². The van der Waals surface area contributed by atoms with E-state index in [0.29, 0.717) is 13.0 Å². The van der Waals surface area contributed by atoms with Crippen molar-refractivity contribution < 1.29 is 4.74 Å². The van der Waals surface area contributed by atoms with Crippen molar-refractivity contribution in [1.29, 1.82) is 5.26 Å². The van der Waals surface area contributed by atoms with Crippen LogP contribution in [0, 0.1) is 11.3 Å². The minimum Gasteiger partial charge on any atom is -0.489 e. The third-order valence-electron chi connectivity index (χ3n) is 3.78. The summed E-state index contributed by atoms with van der Waals surface area (Å²) in [6, 6.07) is 15.0. The molecule has 0 saturated heterocycles. The summed E-state index contributed by atoms with van der Waals surface area (Å²) in [6.07, 6.45) is 1.41. The third kappa shape index (κ3) is 2.00. The van der Waals surface area contributed by atoms with Gasteiger partial charge in [-0.05, 0) is 17.9 Å². The molecule has 0 aromatic heterocycles. The number of hydrogen-bond donors (Lipinski definition) is 0. The third-order valence-corrected chi connectivity index (χ3v) is 3.78. The Bertz CT molecular complexity index is 645. The monoisotopic (exact) mass is 252 g/mol. The molecule has 0 bridgehead atoms. The van der Waals surface area contributed by atoms with Crippen molar-refractivity contribution in [2.45, 2.75) is 18.9 Å². The first-order valence-corrected chi connectivity index (χ1v) is 6.55. The zero-order chi connectivity index (χ0) is 13.2. The van der Waals surface area contributed by atoms with E-state index in [1.807, 2.05) is 12.1 Å². The van der Waals surface area contributed by atoms with Gasteiger partial charge in [-0.3, -0.25) is 0 Å². The number of nitrogens with zero attached hydrogens (tertiary/aromatic N) is 2. The molecule has 0 fully saturated rings. The number of likely N-dealkylation sites (N-methyl/N-ethyl adjacent to an activating group) is 1. The predicted molar refractivity (Wildman–Crippen MR) is 76.5 cm³/mol. The van der Waals surface area contributed by atoms with Crippen LogP contribution in [0.3, 0.4) is 0 Å². The van der Waals surface area contributed by atoms with E-state index in [0.717, 1.165) is 17.9 Å². The molecule has 0 N–H and O–H groups in total. The molecule has 3 heteroatoms. The Kier molecular flexibility index (Phi) is 3.00. The van der Waals surface area contributed by atoms with Crippen LogP contribution < -0.4 is 9.64 Å². The number of rotatable bonds is 2. The first-order valence-electron chi connectivity index (χ1n) is 6.55. The van der Waals surface area contributed by atoms with Gasteiger partial charge in [-0.25, -0.2) is 0 Å². The molecule has 0 amide bonds. The highest BCUT2D eigenvalue weighted by molar-refractivity contribution is 5.97. The number of benzene rings is 2. The van der Waals surface area contributed by atoms with Crippen molar-refractivity contribution in [3.05, 3.63) is 36.4 Å². The molecule has 2 aromatic carbocycles. The molecule has 1 aliphatic heterocycles. The van der Waals surface area contributed by atoms with Crippen LogP contribution in [0.1, 0.15) is 12.8 Å². The summed E-state index contributed by atoms with van der Waals surface area (Å²) in [5.74, 6) is 0.939. The summed E-state index contributed by atoms with van der Waals surface area (Å²) in [5.41, 5.74) is 1.15. The maximum Gasteiger partial charge on any atom is 0.143 e. The molecule has 2 aromatic rings. The van der Waals surface area contributed by atoms with Crippen molar-refractivity contribution in [3.8, 4) is 11.8 Å². The lowest BCUT2D eigenvalue weighted by Gasteiger charge is -2.36. The zero-order valence-corrected chi connectivity index (χ0v) is 11.0. The summed E-state index contributed by atoms with van der Waals surface area (Å²) in [5, 5.41) is 11.2. The van der Waals surface area contributed by atoms with E-state index in [2.05, 4.69) is 42.3 Å². The molecule has 0 aliphatic carbocycles. The lowest BCUT2D eigenvalue weighted by Crippen LogP contribution is -2.40. The van der Waals surface area contributed by atoms with Crippen LogP contribution in [0.25, 0.3) is 10.8 Å². The van der Waals surface area contributed by atoms with Gasteiger partial charge in [0.2, 0.25) is 0 Å². The van der Waals surface area contributed by atoms with Gasteiger partial charge in [0.15, 0.2) is 0 Å². The molecular weight excluding hydrogens is 236 g/mol. The average molecular weight is 252 g/mol. The molecule has 3 rings (SSSR count). The van der Waals surface area contributed by atoms with Gasteiger partial charge in [-0.2, -0.15) is 5.26 Å². The fourth-order valence-corrected chi connectivity index (χ4v) is 2.70. The number of ether oxygens (including phenoxy) is 1. The zero-order valence-electron chi connectivity index (χ0n) is 11.0. The van der Waals surface area contributed by atoms with E-state index in [-0.39, 0.29) is 6.04 Å². The molecule has 0 spiro atoms. The largest absolute Gasteiger partial charge is 0.489 e. The molecule has 96 valence electrons. The first kappa shape index (κ1) is 11.9. The highest BCUT2D eigenvalue weighted by atomic mass is 16.5. The maximum absolute atomic E-state index is 8.74. The van der Waals surface area contributed by atoms with Gasteiger partial charge >= 0.3 is 0 Å². The van der Waals surface area contributed by atoms with Gasteiger partial charge in [0.25, 0.3) is 0 Å². The lowest BCUT2D eigenvalue weighted by atomic mass is 10.0. The van der Waals surface area contributed by atoms with Gasteiger partial charge in [-0.15, -0.1) is 0 Å².